The molecule has 1 aliphatic heterocycles. The molecule has 1 aliphatic carbocycles. The van der Waals surface area contributed by atoms with E-state index < -0.39 is 0 Å². The highest BCUT2D eigenvalue weighted by Crippen LogP contribution is 2.22. The minimum atomic E-state index is 0.763. The highest BCUT2D eigenvalue weighted by atomic mass is 15.0. The Kier molecular flexibility index (Phi) is 8.70. The maximum absolute atomic E-state index is 3.63. The molecule has 18 heavy (non-hydrogen) atoms. The Morgan fingerprint density at radius 2 is 1.61 bits per heavy atom. The van der Waals surface area contributed by atoms with Crippen LogP contribution in [0.25, 0.3) is 0 Å². The smallest absolute Gasteiger partial charge is 0.0192 e. The molecule has 2 aliphatic rings. The van der Waals surface area contributed by atoms with Crippen LogP contribution in [0.5, 0.6) is 0 Å². The molecule has 0 radical (unpaired) electrons. The molecule has 2 N–H and O–H groups in total. The van der Waals surface area contributed by atoms with Crippen LogP contribution in [0.1, 0.15) is 65.7 Å². The predicted molar refractivity (Wildman–Crippen MR) is 81.0 cm³/mol. The van der Waals surface area contributed by atoms with Crippen molar-refractivity contribution in [2.24, 2.45) is 11.8 Å². The lowest BCUT2D eigenvalue weighted by molar-refractivity contribution is 0.337. The first kappa shape index (κ1) is 16.0. The van der Waals surface area contributed by atoms with E-state index in [9.17, 15) is 0 Å². The first-order valence-corrected chi connectivity index (χ1v) is 8.12. The summed E-state index contributed by atoms with van der Waals surface area (Å²) in [5.74, 6) is 1.81. The quantitative estimate of drug-likeness (QED) is 0.801. The molecule has 0 spiro atoms. The van der Waals surface area contributed by atoms with E-state index in [1.54, 1.807) is 0 Å². The van der Waals surface area contributed by atoms with E-state index in [-0.39, 0.29) is 0 Å². The van der Waals surface area contributed by atoms with E-state index in [2.05, 4.69) is 31.4 Å². The normalized spacial score (nSPS) is 25.0. The molecule has 0 aromatic rings. The summed E-state index contributed by atoms with van der Waals surface area (Å²) in [5, 5.41) is 7.17. The first-order valence-electron chi connectivity index (χ1n) is 8.12. The third-order valence-electron chi connectivity index (χ3n) is 3.71. The second-order valence-electron chi connectivity index (χ2n) is 6.69. The fourth-order valence-electron chi connectivity index (χ4n) is 2.78. The van der Waals surface area contributed by atoms with Gasteiger partial charge in [-0.05, 0) is 50.6 Å². The molecule has 1 unspecified atom stereocenters. The van der Waals surface area contributed by atoms with Crippen LogP contribution in [0.15, 0.2) is 0 Å². The zero-order valence-electron chi connectivity index (χ0n) is 12.8. The third-order valence-corrected chi connectivity index (χ3v) is 3.71. The largest absolute Gasteiger partial charge is 0.315 e. The summed E-state index contributed by atoms with van der Waals surface area (Å²) < 4.78 is 0. The summed E-state index contributed by atoms with van der Waals surface area (Å²) in [6, 6.07) is 0.763. The Labute approximate surface area is 114 Å². The Balaban J connectivity index is 0.000000357. The van der Waals surface area contributed by atoms with Crippen LogP contribution in [-0.2, 0) is 0 Å². The van der Waals surface area contributed by atoms with Crippen molar-refractivity contribution in [3.05, 3.63) is 0 Å². The molecule has 2 nitrogen and oxygen atoms in total. The SMILES string of the molecule is C1CCC(CNCC2CCCN2)CC1.CC(C)C. The topological polar surface area (TPSA) is 24.1 Å². The standard InChI is InChI=1S/C12H24N2.C4H10/c1-2-5-11(6-3-1)9-13-10-12-7-4-8-14-12;1-4(2)3/h11-14H,1-10H2;4H,1-3H3. The van der Waals surface area contributed by atoms with Gasteiger partial charge in [0.25, 0.3) is 0 Å². The van der Waals surface area contributed by atoms with Crippen molar-refractivity contribution >= 4 is 0 Å². The summed E-state index contributed by atoms with van der Waals surface area (Å²) >= 11 is 0. The lowest BCUT2D eigenvalue weighted by Gasteiger charge is -2.22. The summed E-state index contributed by atoms with van der Waals surface area (Å²) in [5.41, 5.74) is 0. The molecule has 0 bridgehead atoms. The molecular weight excluding hydrogens is 220 g/mol. The molecule has 2 heteroatoms. The average molecular weight is 254 g/mol. The first-order chi connectivity index (χ1) is 8.68. The van der Waals surface area contributed by atoms with E-state index in [1.165, 1.54) is 64.6 Å². The molecule has 0 aromatic heterocycles. The molecule has 1 saturated heterocycles. The Bertz CT molecular complexity index is 177. The van der Waals surface area contributed by atoms with Gasteiger partial charge in [-0.3, -0.25) is 0 Å². The monoisotopic (exact) mass is 254 g/mol. The van der Waals surface area contributed by atoms with Crippen molar-refractivity contribution in [1.82, 2.24) is 10.6 Å². The van der Waals surface area contributed by atoms with Crippen LogP contribution in [0.2, 0.25) is 0 Å². The number of hydrogen-bond donors (Lipinski definition) is 2. The van der Waals surface area contributed by atoms with Gasteiger partial charge in [0, 0.05) is 12.6 Å². The van der Waals surface area contributed by atoms with E-state index in [0.717, 1.165) is 17.9 Å². The Morgan fingerprint density at radius 3 is 2.17 bits per heavy atom. The fraction of sp³-hybridized carbons (Fsp3) is 1.00. The molecular formula is C16H34N2. The van der Waals surface area contributed by atoms with Crippen molar-refractivity contribution in [3.8, 4) is 0 Å². The zero-order chi connectivity index (χ0) is 13.2. The highest BCUT2D eigenvalue weighted by molar-refractivity contribution is 4.77. The summed E-state index contributed by atoms with van der Waals surface area (Å²) in [4.78, 5) is 0. The lowest BCUT2D eigenvalue weighted by Crippen LogP contribution is -2.36. The predicted octanol–water partition coefficient (Wildman–Crippen LogP) is 3.57. The van der Waals surface area contributed by atoms with Crippen LogP contribution in [-0.4, -0.2) is 25.7 Å². The van der Waals surface area contributed by atoms with Gasteiger partial charge in [-0.1, -0.05) is 40.0 Å². The second kappa shape index (κ2) is 9.80. The van der Waals surface area contributed by atoms with Gasteiger partial charge in [0.05, 0.1) is 0 Å². The van der Waals surface area contributed by atoms with Crippen LogP contribution in [0.4, 0.5) is 0 Å². The second-order valence-corrected chi connectivity index (χ2v) is 6.69. The van der Waals surface area contributed by atoms with Gasteiger partial charge >= 0.3 is 0 Å². The van der Waals surface area contributed by atoms with Gasteiger partial charge in [-0.15, -0.1) is 0 Å². The molecule has 108 valence electrons. The lowest BCUT2D eigenvalue weighted by atomic mass is 9.89. The van der Waals surface area contributed by atoms with Crippen molar-refractivity contribution in [2.45, 2.75) is 71.8 Å². The van der Waals surface area contributed by atoms with Crippen molar-refractivity contribution < 1.29 is 0 Å². The number of nitrogens with one attached hydrogen (secondary N) is 2. The van der Waals surface area contributed by atoms with E-state index in [1.807, 2.05) is 0 Å². The van der Waals surface area contributed by atoms with E-state index in [4.69, 9.17) is 0 Å². The molecule has 0 aromatic carbocycles. The van der Waals surface area contributed by atoms with Crippen molar-refractivity contribution in [3.63, 3.8) is 0 Å². The zero-order valence-corrected chi connectivity index (χ0v) is 12.8. The minimum Gasteiger partial charge on any atom is -0.315 e. The summed E-state index contributed by atoms with van der Waals surface area (Å²) in [6.07, 6.45) is 10.1. The van der Waals surface area contributed by atoms with Crippen molar-refractivity contribution in [2.75, 3.05) is 19.6 Å². The summed E-state index contributed by atoms with van der Waals surface area (Å²) in [7, 11) is 0. The maximum Gasteiger partial charge on any atom is 0.0192 e. The fourth-order valence-corrected chi connectivity index (χ4v) is 2.78. The van der Waals surface area contributed by atoms with E-state index >= 15 is 0 Å². The molecule has 1 atom stereocenters. The van der Waals surface area contributed by atoms with Crippen LogP contribution in [0, 0.1) is 11.8 Å². The minimum absolute atomic E-state index is 0.763. The van der Waals surface area contributed by atoms with Gasteiger partial charge in [-0.2, -0.15) is 0 Å². The summed E-state index contributed by atoms with van der Waals surface area (Å²) in [6.45, 7) is 10.2. The van der Waals surface area contributed by atoms with Gasteiger partial charge in [0.15, 0.2) is 0 Å². The molecule has 0 amide bonds. The molecule has 1 saturated carbocycles. The van der Waals surface area contributed by atoms with Gasteiger partial charge < -0.3 is 10.6 Å². The van der Waals surface area contributed by atoms with Gasteiger partial charge in [0.1, 0.15) is 0 Å². The third kappa shape index (κ3) is 8.10. The van der Waals surface area contributed by atoms with Crippen molar-refractivity contribution in [1.29, 1.82) is 0 Å². The van der Waals surface area contributed by atoms with Gasteiger partial charge in [0.2, 0.25) is 0 Å². The van der Waals surface area contributed by atoms with Gasteiger partial charge in [-0.25, -0.2) is 0 Å². The average Bonchev–Trinajstić information content (AvgIpc) is 2.83. The maximum atomic E-state index is 3.63. The van der Waals surface area contributed by atoms with Crippen LogP contribution in [0.3, 0.4) is 0 Å². The molecule has 2 fully saturated rings. The molecule has 2 rings (SSSR count). The number of hydrogen-bond acceptors (Lipinski definition) is 2. The number of rotatable bonds is 4. The Hall–Kier alpha value is -0.0800. The van der Waals surface area contributed by atoms with Crippen LogP contribution >= 0.6 is 0 Å². The highest BCUT2D eigenvalue weighted by Gasteiger charge is 2.15. The van der Waals surface area contributed by atoms with E-state index in [0.29, 0.717) is 0 Å². The molecule has 1 heterocycles. The van der Waals surface area contributed by atoms with Crippen LogP contribution < -0.4 is 10.6 Å². The Morgan fingerprint density at radius 1 is 0.944 bits per heavy atom.